The Balaban J connectivity index is 1.86. The third kappa shape index (κ3) is 3.64. The lowest BCUT2D eigenvalue weighted by Gasteiger charge is -2.36. The first-order valence-corrected chi connectivity index (χ1v) is 7.02. The molecule has 19 heavy (non-hydrogen) atoms. The van der Waals surface area contributed by atoms with Gasteiger partial charge in [-0.1, -0.05) is 0 Å². The molecule has 0 amide bonds. The number of nitrogens with one attached hydrogen (secondary N) is 1. The average Bonchev–Trinajstić information content (AvgIpc) is 2.41. The Bertz CT molecular complexity index is 412. The minimum atomic E-state index is 0.531. The number of hydrogen-bond acceptors (Lipinski definition) is 5. The summed E-state index contributed by atoms with van der Waals surface area (Å²) in [5.41, 5.74) is 2.19. The molecule has 106 valence electrons. The molecule has 1 fully saturated rings. The zero-order valence-corrected chi connectivity index (χ0v) is 12.5. The summed E-state index contributed by atoms with van der Waals surface area (Å²) in [6, 6.07) is 0.531. The monoisotopic (exact) mass is 263 g/mol. The maximum Gasteiger partial charge on any atom is 0.132 e. The second kappa shape index (κ2) is 6.30. The third-order valence-corrected chi connectivity index (χ3v) is 4.06. The van der Waals surface area contributed by atoms with Crippen LogP contribution in [-0.4, -0.2) is 65.6 Å². The molecule has 1 N–H and O–H groups in total. The zero-order chi connectivity index (χ0) is 13.8. The number of rotatable bonds is 4. The fourth-order valence-electron chi connectivity index (χ4n) is 2.35. The van der Waals surface area contributed by atoms with E-state index in [1.807, 2.05) is 6.92 Å². The molecule has 0 aliphatic carbocycles. The topological polar surface area (TPSA) is 44.3 Å². The van der Waals surface area contributed by atoms with E-state index in [2.05, 4.69) is 46.0 Å². The number of aromatic nitrogens is 2. The molecular weight excluding hydrogens is 238 g/mol. The van der Waals surface area contributed by atoms with Gasteiger partial charge in [0, 0.05) is 50.0 Å². The van der Waals surface area contributed by atoms with Gasteiger partial charge < -0.3 is 10.2 Å². The lowest BCUT2D eigenvalue weighted by molar-refractivity contribution is 0.123. The molecule has 0 saturated carbocycles. The molecule has 1 aromatic heterocycles. The lowest BCUT2D eigenvalue weighted by atomic mass is 10.2. The van der Waals surface area contributed by atoms with Gasteiger partial charge in [-0.25, -0.2) is 9.97 Å². The smallest absolute Gasteiger partial charge is 0.132 e. The Kier molecular flexibility index (Phi) is 4.71. The molecule has 2 heterocycles. The van der Waals surface area contributed by atoms with Crippen LogP contribution in [0.3, 0.4) is 0 Å². The molecule has 1 atom stereocenters. The first-order chi connectivity index (χ1) is 9.08. The van der Waals surface area contributed by atoms with Crippen LogP contribution < -0.4 is 5.32 Å². The van der Waals surface area contributed by atoms with Crippen molar-refractivity contribution in [1.82, 2.24) is 19.8 Å². The van der Waals surface area contributed by atoms with E-state index in [-0.39, 0.29) is 0 Å². The fourth-order valence-corrected chi connectivity index (χ4v) is 2.35. The normalized spacial score (nSPS) is 19.4. The molecule has 1 unspecified atom stereocenters. The predicted octanol–water partition coefficient (Wildman–Crippen LogP) is 1.14. The Morgan fingerprint density at radius 1 is 1.21 bits per heavy atom. The highest BCUT2D eigenvalue weighted by Crippen LogP contribution is 2.13. The molecule has 0 spiro atoms. The van der Waals surface area contributed by atoms with Crippen molar-refractivity contribution in [2.45, 2.75) is 26.8 Å². The lowest BCUT2D eigenvalue weighted by Crippen LogP contribution is -2.49. The molecule has 0 radical (unpaired) electrons. The number of nitrogens with zero attached hydrogens (tertiary/aromatic N) is 4. The van der Waals surface area contributed by atoms with Gasteiger partial charge in [0.15, 0.2) is 0 Å². The predicted molar refractivity (Wildman–Crippen MR) is 78.5 cm³/mol. The molecule has 1 aliphatic heterocycles. The SMILES string of the molecule is Cc1ncnc(NCC(C)N2CCN(C)CC2)c1C. The highest BCUT2D eigenvalue weighted by Gasteiger charge is 2.19. The fraction of sp³-hybridized carbons (Fsp3) is 0.714. The quantitative estimate of drug-likeness (QED) is 0.882. The number of anilines is 1. The van der Waals surface area contributed by atoms with Crippen LogP contribution in [0.5, 0.6) is 0 Å². The average molecular weight is 263 g/mol. The number of likely N-dealkylation sites (N-methyl/N-ethyl adjacent to an activating group) is 1. The van der Waals surface area contributed by atoms with Crippen molar-refractivity contribution < 1.29 is 0 Å². The van der Waals surface area contributed by atoms with Gasteiger partial charge >= 0.3 is 0 Å². The molecule has 1 aliphatic rings. The molecule has 0 bridgehead atoms. The van der Waals surface area contributed by atoms with Crippen molar-refractivity contribution in [3.8, 4) is 0 Å². The second-order valence-electron chi connectivity index (χ2n) is 5.50. The number of piperazine rings is 1. The molecule has 1 saturated heterocycles. The second-order valence-corrected chi connectivity index (χ2v) is 5.50. The maximum absolute atomic E-state index is 4.32. The van der Waals surface area contributed by atoms with Gasteiger partial charge in [-0.05, 0) is 27.8 Å². The van der Waals surface area contributed by atoms with Gasteiger partial charge in [0.05, 0.1) is 0 Å². The summed E-state index contributed by atoms with van der Waals surface area (Å²) in [6.07, 6.45) is 1.63. The van der Waals surface area contributed by atoms with E-state index in [9.17, 15) is 0 Å². The Morgan fingerprint density at radius 3 is 2.58 bits per heavy atom. The Morgan fingerprint density at radius 2 is 1.89 bits per heavy atom. The van der Waals surface area contributed by atoms with E-state index in [1.165, 1.54) is 0 Å². The molecular formula is C14H25N5. The van der Waals surface area contributed by atoms with Gasteiger partial charge in [-0.2, -0.15) is 0 Å². The zero-order valence-electron chi connectivity index (χ0n) is 12.5. The highest BCUT2D eigenvalue weighted by atomic mass is 15.3. The summed E-state index contributed by atoms with van der Waals surface area (Å²) in [7, 11) is 2.19. The third-order valence-electron chi connectivity index (χ3n) is 4.06. The minimum Gasteiger partial charge on any atom is -0.368 e. The Labute approximate surface area is 116 Å². The highest BCUT2D eigenvalue weighted by molar-refractivity contribution is 5.44. The van der Waals surface area contributed by atoms with Crippen molar-refractivity contribution in [1.29, 1.82) is 0 Å². The van der Waals surface area contributed by atoms with Crippen molar-refractivity contribution >= 4 is 5.82 Å². The van der Waals surface area contributed by atoms with E-state index < -0.39 is 0 Å². The van der Waals surface area contributed by atoms with Gasteiger partial charge in [0.25, 0.3) is 0 Å². The largest absolute Gasteiger partial charge is 0.368 e. The molecule has 0 aromatic carbocycles. The number of aryl methyl sites for hydroxylation is 1. The summed E-state index contributed by atoms with van der Waals surface area (Å²) in [5, 5.41) is 3.46. The van der Waals surface area contributed by atoms with E-state index >= 15 is 0 Å². The summed E-state index contributed by atoms with van der Waals surface area (Å²) in [5.74, 6) is 0.966. The van der Waals surface area contributed by atoms with E-state index in [4.69, 9.17) is 0 Å². The molecule has 5 heteroatoms. The first-order valence-electron chi connectivity index (χ1n) is 7.02. The van der Waals surface area contributed by atoms with E-state index in [1.54, 1.807) is 6.33 Å². The summed E-state index contributed by atoms with van der Waals surface area (Å²) >= 11 is 0. The van der Waals surface area contributed by atoms with E-state index in [0.29, 0.717) is 6.04 Å². The molecule has 1 aromatic rings. The van der Waals surface area contributed by atoms with Crippen LogP contribution in [0.25, 0.3) is 0 Å². The van der Waals surface area contributed by atoms with Gasteiger partial charge in [0.2, 0.25) is 0 Å². The van der Waals surface area contributed by atoms with Crippen LogP contribution in [0.1, 0.15) is 18.2 Å². The summed E-state index contributed by atoms with van der Waals surface area (Å²) in [6.45, 7) is 11.9. The molecule has 5 nitrogen and oxygen atoms in total. The maximum atomic E-state index is 4.32. The van der Waals surface area contributed by atoms with Crippen LogP contribution >= 0.6 is 0 Å². The molecule has 2 rings (SSSR count). The van der Waals surface area contributed by atoms with Gasteiger partial charge in [-0.3, -0.25) is 4.90 Å². The first kappa shape index (κ1) is 14.2. The standard InChI is InChI=1S/C14H25N5/c1-11(19-7-5-18(4)6-8-19)9-15-14-12(2)13(3)16-10-17-14/h10-11H,5-9H2,1-4H3,(H,15,16,17). The van der Waals surface area contributed by atoms with Crippen molar-refractivity contribution in [3.05, 3.63) is 17.6 Å². The van der Waals surface area contributed by atoms with Crippen molar-refractivity contribution in [2.24, 2.45) is 0 Å². The van der Waals surface area contributed by atoms with E-state index in [0.717, 1.165) is 49.8 Å². The number of hydrogen-bond donors (Lipinski definition) is 1. The summed E-state index contributed by atoms with van der Waals surface area (Å²) in [4.78, 5) is 13.4. The van der Waals surface area contributed by atoms with Crippen LogP contribution in [0.15, 0.2) is 6.33 Å². The van der Waals surface area contributed by atoms with Crippen LogP contribution in [0, 0.1) is 13.8 Å². The summed E-state index contributed by atoms with van der Waals surface area (Å²) < 4.78 is 0. The Hall–Kier alpha value is -1.20. The van der Waals surface area contributed by atoms with Crippen molar-refractivity contribution in [3.63, 3.8) is 0 Å². The van der Waals surface area contributed by atoms with Crippen LogP contribution in [0.4, 0.5) is 5.82 Å². The van der Waals surface area contributed by atoms with Crippen LogP contribution in [-0.2, 0) is 0 Å². The van der Waals surface area contributed by atoms with Crippen LogP contribution in [0.2, 0.25) is 0 Å². The minimum absolute atomic E-state index is 0.531. The van der Waals surface area contributed by atoms with Crippen molar-refractivity contribution in [2.75, 3.05) is 45.1 Å². The van der Waals surface area contributed by atoms with Gasteiger partial charge in [0.1, 0.15) is 12.1 Å². The van der Waals surface area contributed by atoms with Gasteiger partial charge in [-0.15, -0.1) is 0 Å².